The molecule has 1 aromatic rings. The summed E-state index contributed by atoms with van der Waals surface area (Å²) in [5.74, 6) is 0. The Hall–Kier alpha value is -0.450. The molecule has 3 nitrogen and oxygen atoms in total. The van der Waals surface area contributed by atoms with Crippen LogP contribution in [-0.2, 0) is 11.2 Å². The zero-order chi connectivity index (χ0) is 15.2. The number of rotatable bonds is 8. The van der Waals surface area contributed by atoms with Crippen LogP contribution in [0.5, 0.6) is 0 Å². The van der Waals surface area contributed by atoms with Crippen LogP contribution >= 0.6 is 11.3 Å². The molecule has 0 aliphatic rings. The monoisotopic (exact) mass is 298 g/mol. The molecule has 0 spiro atoms. The van der Waals surface area contributed by atoms with Crippen molar-refractivity contribution in [2.45, 2.75) is 66.5 Å². The third-order valence-corrected chi connectivity index (χ3v) is 4.14. The van der Waals surface area contributed by atoms with Crippen molar-refractivity contribution >= 4 is 11.3 Å². The highest BCUT2D eigenvalue weighted by atomic mass is 32.1. The highest BCUT2D eigenvalue weighted by Gasteiger charge is 2.33. The van der Waals surface area contributed by atoms with E-state index in [2.05, 4.69) is 57.2 Å². The summed E-state index contributed by atoms with van der Waals surface area (Å²) in [5.41, 5.74) is 1.29. The lowest BCUT2D eigenvalue weighted by molar-refractivity contribution is -0.0356. The van der Waals surface area contributed by atoms with E-state index in [1.54, 1.807) is 11.3 Å². The molecule has 116 valence electrons. The van der Waals surface area contributed by atoms with Crippen LogP contribution in [0.2, 0.25) is 0 Å². The maximum absolute atomic E-state index is 6.06. The number of nitrogens with zero attached hydrogens (tertiary/aromatic N) is 1. The van der Waals surface area contributed by atoms with E-state index in [1.165, 1.54) is 5.69 Å². The molecule has 0 aliphatic heterocycles. The van der Waals surface area contributed by atoms with E-state index >= 15 is 0 Å². The Labute approximate surface area is 128 Å². The van der Waals surface area contributed by atoms with Gasteiger partial charge in [-0.15, -0.1) is 11.3 Å². The molecule has 4 heteroatoms. The van der Waals surface area contributed by atoms with Crippen LogP contribution in [0.15, 0.2) is 5.38 Å². The topological polar surface area (TPSA) is 34.2 Å². The van der Waals surface area contributed by atoms with Gasteiger partial charge in [0.1, 0.15) is 0 Å². The average molecular weight is 298 g/mol. The van der Waals surface area contributed by atoms with E-state index in [-0.39, 0.29) is 11.5 Å². The maximum atomic E-state index is 6.06. The van der Waals surface area contributed by atoms with E-state index in [0.29, 0.717) is 6.04 Å². The molecular formula is C16H30N2OS. The lowest BCUT2D eigenvalue weighted by Gasteiger charge is -2.37. The molecule has 20 heavy (non-hydrogen) atoms. The molecule has 2 unspecified atom stereocenters. The minimum absolute atomic E-state index is 0.118. The Morgan fingerprint density at radius 3 is 2.50 bits per heavy atom. The first-order valence-corrected chi connectivity index (χ1v) is 8.52. The maximum Gasteiger partial charge on any atom is 0.0897 e. The van der Waals surface area contributed by atoms with Gasteiger partial charge >= 0.3 is 0 Å². The second-order valence-electron chi connectivity index (χ2n) is 6.36. The van der Waals surface area contributed by atoms with Crippen molar-refractivity contribution in [1.82, 2.24) is 10.3 Å². The standard InChI is InChI=1S/C16H30N2OS/c1-7-9-17-14(10-13-11-20-12(3)18-13)15(19-8-2)16(4,5)6/h11,14-15,17H,7-10H2,1-6H3. The fraction of sp³-hybridized carbons (Fsp3) is 0.812. The third-order valence-electron chi connectivity index (χ3n) is 3.32. The second-order valence-corrected chi connectivity index (χ2v) is 7.43. The summed E-state index contributed by atoms with van der Waals surface area (Å²) in [5, 5.41) is 6.96. The van der Waals surface area contributed by atoms with Crippen molar-refractivity contribution in [3.05, 3.63) is 16.1 Å². The van der Waals surface area contributed by atoms with E-state index in [0.717, 1.165) is 31.0 Å². The second kappa shape index (κ2) is 8.11. The van der Waals surface area contributed by atoms with Gasteiger partial charge < -0.3 is 10.1 Å². The van der Waals surface area contributed by atoms with Crippen molar-refractivity contribution in [3.8, 4) is 0 Å². The first-order chi connectivity index (χ1) is 9.38. The fourth-order valence-corrected chi connectivity index (χ4v) is 3.12. The molecule has 1 rings (SSSR count). The molecule has 0 bridgehead atoms. The van der Waals surface area contributed by atoms with Gasteiger partial charge in [-0.2, -0.15) is 0 Å². The summed E-state index contributed by atoms with van der Waals surface area (Å²) in [6, 6.07) is 0.316. The normalized spacial score (nSPS) is 15.3. The Kier molecular flexibility index (Phi) is 7.13. The molecule has 0 aromatic carbocycles. The predicted molar refractivity (Wildman–Crippen MR) is 87.5 cm³/mol. The molecule has 0 fully saturated rings. The molecular weight excluding hydrogens is 268 g/mol. The Bertz CT molecular complexity index is 384. The number of hydrogen-bond donors (Lipinski definition) is 1. The number of thiazole rings is 1. The number of ether oxygens (including phenoxy) is 1. The fourth-order valence-electron chi connectivity index (χ4n) is 2.49. The molecule has 0 saturated carbocycles. The lowest BCUT2D eigenvalue weighted by Crippen LogP contribution is -2.49. The van der Waals surface area contributed by atoms with Gasteiger partial charge in [0.05, 0.1) is 16.8 Å². The van der Waals surface area contributed by atoms with E-state index < -0.39 is 0 Å². The van der Waals surface area contributed by atoms with Crippen molar-refractivity contribution in [2.75, 3.05) is 13.2 Å². The van der Waals surface area contributed by atoms with Crippen molar-refractivity contribution in [3.63, 3.8) is 0 Å². The van der Waals surface area contributed by atoms with Crippen LogP contribution in [0.4, 0.5) is 0 Å². The summed E-state index contributed by atoms with van der Waals surface area (Å²) in [6.45, 7) is 14.9. The molecule has 1 heterocycles. The summed E-state index contributed by atoms with van der Waals surface area (Å²) in [4.78, 5) is 4.61. The number of hydrogen-bond acceptors (Lipinski definition) is 4. The molecule has 0 saturated heterocycles. The Balaban J connectivity index is 2.84. The van der Waals surface area contributed by atoms with Crippen molar-refractivity contribution in [1.29, 1.82) is 0 Å². The molecule has 2 atom stereocenters. The summed E-state index contributed by atoms with van der Waals surface area (Å²) in [7, 11) is 0. The number of aryl methyl sites for hydroxylation is 1. The third kappa shape index (κ3) is 5.51. The van der Waals surface area contributed by atoms with E-state index in [1.807, 2.05) is 0 Å². The van der Waals surface area contributed by atoms with Gasteiger partial charge in [0.2, 0.25) is 0 Å². The van der Waals surface area contributed by atoms with E-state index in [4.69, 9.17) is 4.74 Å². The van der Waals surface area contributed by atoms with Crippen molar-refractivity contribution < 1.29 is 4.74 Å². The summed E-state index contributed by atoms with van der Waals surface area (Å²) >= 11 is 1.72. The molecule has 0 aliphatic carbocycles. The van der Waals surface area contributed by atoms with Crippen LogP contribution in [0, 0.1) is 12.3 Å². The van der Waals surface area contributed by atoms with Gasteiger partial charge in [-0.05, 0) is 32.2 Å². The number of aromatic nitrogens is 1. The average Bonchev–Trinajstić information content (AvgIpc) is 2.76. The number of nitrogens with one attached hydrogen (secondary N) is 1. The smallest absolute Gasteiger partial charge is 0.0897 e. The first kappa shape index (κ1) is 17.6. The van der Waals surface area contributed by atoms with Gasteiger partial charge in [-0.25, -0.2) is 4.98 Å². The van der Waals surface area contributed by atoms with Gasteiger partial charge in [0.25, 0.3) is 0 Å². The van der Waals surface area contributed by atoms with Crippen LogP contribution in [0.1, 0.15) is 51.7 Å². The molecule has 1 aromatic heterocycles. The molecule has 0 radical (unpaired) electrons. The summed E-state index contributed by atoms with van der Waals surface area (Å²) < 4.78 is 6.06. The minimum atomic E-state index is 0.118. The van der Waals surface area contributed by atoms with Gasteiger partial charge in [-0.3, -0.25) is 0 Å². The molecule has 0 amide bonds. The van der Waals surface area contributed by atoms with E-state index in [9.17, 15) is 0 Å². The van der Waals surface area contributed by atoms with Crippen LogP contribution in [-0.4, -0.2) is 30.3 Å². The van der Waals surface area contributed by atoms with Gasteiger partial charge in [0.15, 0.2) is 0 Å². The lowest BCUT2D eigenvalue weighted by atomic mass is 9.83. The first-order valence-electron chi connectivity index (χ1n) is 7.64. The SMILES string of the molecule is CCCNC(Cc1csc(C)n1)C(OCC)C(C)(C)C. The Morgan fingerprint density at radius 1 is 1.35 bits per heavy atom. The highest BCUT2D eigenvalue weighted by Crippen LogP contribution is 2.27. The van der Waals surface area contributed by atoms with Crippen LogP contribution in [0.3, 0.4) is 0 Å². The van der Waals surface area contributed by atoms with Crippen LogP contribution < -0.4 is 5.32 Å². The van der Waals surface area contributed by atoms with Gasteiger partial charge in [0, 0.05) is 24.4 Å². The highest BCUT2D eigenvalue weighted by molar-refractivity contribution is 7.09. The van der Waals surface area contributed by atoms with Crippen molar-refractivity contribution in [2.24, 2.45) is 5.41 Å². The molecule has 1 N–H and O–H groups in total. The van der Waals surface area contributed by atoms with Gasteiger partial charge in [-0.1, -0.05) is 27.7 Å². The van der Waals surface area contributed by atoms with Crippen LogP contribution in [0.25, 0.3) is 0 Å². The largest absolute Gasteiger partial charge is 0.376 e. The predicted octanol–water partition coefficient (Wildman–Crippen LogP) is 3.81. The Morgan fingerprint density at radius 2 is 2.05 bits per heavy atom. The zero-order valence-electron chi connectivity index (χ0n) is 13.8. The minimum Gasteiger partial charge on any atom is -0.376 e. The quantitative estimate of drug-likeness (QED) is 0.792. The zero-order valence-corrected chi connectivity index (χ0v) is 14.6. The summed E-state index contributed by atoms with van der Waals surface area (Å²) in [6.07, 6.45) is 2.27.